The quantitative estimate of drug-likeness (QED) is 0.826. The lowest BCUT2D eigenvalue weighted by molar-refractivity contribution is 0.575. The number of hydrogen-bond acceptors (Lipinski definition) is 5. The zero-order valence-electron chi connectivity index (χ0n) is 12.7. The third kappa shape index (κ3) is 3.45. The number of unbranched alkanes of at least 4 members (excludes halogenated alkanes) is 1. The Morgan fingerprint density at radius 2 is 2.19 bits per heavy atom. The normalized spacial score (nSPS) is 18.1. The van der Waals surface area contributed by atoms with Gasteiger partial charge in [0.25, 0.3) is 5.56 Å². The zero-order chi connectivity index (χ0) is 15.4. The minimum atomic E-state index is -0.341. The van der Waals surface area contributed by atoms with Crippen LogP contribution in [0.3, 0.4) is 0 Å². The molecular weight excluding hydrogens is 288 g/mol. The van der Waals surface area contributed by atoms with E-state index in [4.69, 9.17) is 5.73 Å². The summed E-state index contributed by atoms with van der Waals surface area (Å²) in [6.07, 6.45) is 4.21. The van der Waals surface area contributed by atoms with E-state index >= 15 is 0 Å². The molecule has 7 heteroatoms. The van der Waals surface area contributed by atoms with Crippen molar-refractivity contribution in [2.45, 2.75) is 44.4 Å². The minimum Gasteiger partial charge on any atom is -0.383 e. The fraction of sp³-hybridized carbons (Fsp3) is 0.714. The van der Waals surface area contributed by atoms with Crippen molar-refractivity contribution in [3.63, 3.8) is 0 Å². The summed E-state index contributed by atoms with van der Waals surface area (Å²) >= 11 is 1.92. The number of aromatic nitrogens is 2. The van der Waals surface area contributed by atoms with Crippen LogP contribution in [0.15, 0.2) is 9.59 Å². The Morgan fingerprint density at radius 3 is 2.81 bits per heavy atom. The molecule has 1 saturated heterocycles. The largest absolute Gasteiger partial charge is 0.383 e. The summed E-state index contributed by atoms with van der Waals surface area (Å²) in [5, 5.41) is 3.69. The molecule has 118 valence electrons. The molecule has 1 fully saturated rings. The van der Waals surface area contributed by atoms with Crippen LogP contribution in [0, 0.1) is 0 Å². The summed E-state index contributed by atoms with van der Waals surface area (Å²) in [6.45, 7) is 3.32. The number of hydrogen-bond donors (Lipinski definition) is 2. The Labute approximate surface area is 128 Å². The van der Waals surface area contributed by atoms with Gasteiger partial charge in [-0.1, -0.05) is 13.3 Å². The molecule has 21 heavy (non-hydrogen) atoms. The SMILES string of the molecule is CCCCn1c(N)c(NCC2CCCS2)c(=O)n(C)c1=O. The Bertz CT molecular complexity index is 602. The van der Waals surface area contributed by atoms with Crippen LogP contribution < -0.4 is 22.3 Å². The van der Waals surface area contributed by atoms with Gasteiger partial charge in [-0.15, -0.1) is 0 Å². The van der Waals surface area contributed by atoms with Crippen molar-refractivity contribution in [1.82, 2.24) is 9.13 Å². The van der Waals surface area contributed by atoms with Gasteiger partial charge in [0.15, 0.2) is 0 Å². The molecule has 0 spiro atoms. The predicted octanol–water partition coefficient (Wildman–Crippen LogP) is 1.24. The standard InChI is InChI=1S/C14H24N4O2S/c1-3-4-7-18-12(15)11(13(19)17(2)14(18)20)16-9-10-6-5-8-21-10/h10,16H,3-9,15H2,1-2H3. The van der Waals surface area contributed by atoms with Crippen LogP contribution in [0.2, 0.25) is 0 Å². The molecule has 1 aliphatic heterocycles. The van der Waals surface area contributed by atoms with Gasteiger partial charge >= 0.3 is 5.69 Å². The average Bonchev–Trinajstić information content (AvgIpc) is 2.98. The smallest absolute Gasteiger partial charge is 0.332 e. The first-order valence-electron chi connectivity index (χ1n) is 7.51. The van der Waals surface area contributed by atoms with Crippen molar-refractivity contribution in [3.05, 3.63) is 20.8 Å². The highest BCUT2D eigenvalue weighted by Crippen LogP contribution is 2.26. The van der Waals surface area contributed by atoms with Crippen LogP contribution >= 0.6 is 11.8 Å². The second-order valence-electron chi connectivity index (χ2n) is 5.43. The topological polar surface area (TPSA) is 82.0 Å². The number of nitrogens with two attached hydrogens (primary N) is 1. The van der Waals surface area contributed by atoms with E-state index in [-0.39, 0.29) is 17.1 Å². The molecule has 0 radical (unpaired) electrons. The summed E-state index contributed by atoms with van der Waals surface area (Å²) < 4.78 is 2.63. The maximum Gasteiger partial charge on any atom is 0.332 e. The first-order valence-corrected chi connectivity index (χ1v) is 8.56. The molecule has 3 N–H and O–H groups in total. The molecule has 1 unspecified atom stereocenters. The van der Waals surface area contributed by atoms with Gasteiger partial charge in [-0.3, -0.25) is 13.9 Å². The molecule has 1 aromatic heterocycles. The second kappa shape index (κ2) is 7.06. The maximum atomic E-state index is 12.2. The van der Waals surface area contributed by atoms with E-state index in [1.807, 2.05) is 11.8 Å². The highest BCUT2D eigenvalue weighted by Gasteiger charge is 2.19. The van der Waals surface area contributed by atoms with E-state index in [1.54, 1.807) is 0 Å². The maximum absolute atomic E-state index is 12.2. The van der Waals surface area contributed by atoms with Crippen molar-refractivity contribution in [3.8, 4) is 0 Å². The molecule has 0 bridgehead atoms. The molecule has 1 aromatic rings. The van der Waals surface area contributed by atoms with Crippen molar-refractivity contribution in [2.75, 3.05) is 23.3 Å². The van der Waals surface area contributed by atoms with Gasteiger partial charge in [-0.25, -0.2) is 4.79 Å². The summed E-state index contributed by atoms with van der Waals surface area (Å²) in [6, 6.07) is 0. The van der Waals surface area contributed by atoms with Crippen molar-refractivity contribution in [1.29, 1.82) is 0 Å². The summed E-state index contributed by atoms with van der Waals surface area (Å²) in [7, 11) is 1.50. The van der Waals surface area contributed by atoms with Crippen LogP contribution in [-0.2, 0) is 13.6 Å². The number of anilines is 2. The van der Waals surface area contributed by atoms with Gasteiger partial charge in [0.05, 0.1) is 0 Å². The molecule has 1 aliphatic rings. The third-order valence-electron chi connectivity index (χ3n) is 3.85. The lowest BCUT2D eigenvalue weighted by Crippen LogP contribution is -2.41. The lowest BCUT2D eigenvalue weighted by atomic mass is 10.2. The van der Waals surface area contributed by atoms with Gasteiger partial charge in [-0.2, -0.15) is 11.8 Å². The Kier molecular flexibility index (Phi) is 5.39. The molecule has 2 rings (SSSR count). The Morgan fingerprint density at radius 1 is 1.43 bits per heavy atom. The van der Waals surface area contributed by atoms with E-state index in [2.05, 4.69) is 12.2 Å². The van der Waals surface area contributed by atoms with Crippen molar-refractivity contribution < 1.29 is 0 Å². The average molecular weight is 312 g/mol. The molecule has 0 aliphatic carbocycles. The van der Waals surface area contributed by atoms with Crippen LogP contribution in [0.5, 0.6) is 0 Å². The highest BCUT2D eigenvalue weighted by atomic mass is 32.2. The second-order valence-corrected chi connectivity index (χ2v) is 6.84. The number of nitrogens with zero attached hydrogens (tertiary/aromatic N) is 2. The van der Waals surface area contributed by atoms with Crippen LogP contribution in [0.25, 0.3) is 0 Å². The number of nitrogen functional groups attached to an aromatic ring is 1. The highest BCUT2D eigenvalue weighted by molar-refractivity contribution is 8.00. The number of rotatable bonds is 6. The molecule has 0 amide bonds. The third-order valence-corrected chi connectivity index (χ3v) is 5.25. The summed E-state index contributed by atoms with van der Waals surface area (Å²) in [5.41, 5.74) is 5.74. The van der Waals surface area contributed by atoms with E-state index in [9.17, 15) is 9.59 Å². The number of thioether (sulfide) groups is 1. The monoisotopic (exact) mass is 312 g/mol. The molecule has 6 nitrogen and oxygen atoms in total. The van der Waals surface area contributed by atoms with Gasteiger partial charge in [0, 0.05) is 25.4 Å². The number of nitrogens with one attached hydrogen (secondary N) is 1. The summed E-state index contributed by atoms with van der Waals surface area (Å²) in [5.74, 6) is 1.44. The molecule has 2 heterocycles. The van der Waals surface area contributed by atoms with Crippen LogP contribution in [-0.4, -0.2) is 26.7 Å². The molecule has 0 saturated carbocycles. The molecule has 0 aromatic carbocycles. The Hall–Kier alpha value is -1.37. The first-order chi connectivity index (χ1) is 10.1. The van der Waals surface area contributed by atoms with E-state index in [0.29, 0.717) is 17.5 Å². The van der Waals surface area contributed by atoms with E-state index in [0.717, 1.165) is 30.4 Å². The van der Waals surface area contributed by atoms with Gasteiger partial charge in [0.1, 0.15) is 11.5 Å². The lowest BCUT2D eigenvalue weighted by Gasteiger charge is -2.17. The molecular formula is C14H24N4O2S. The fourth-order valence-corrected chi connectivity index (χ4v) is 3.70. The zero-order valence-corrected chi connectivity index (χ0v) is 13.5. The van der Waals surface area contributed by atoms with Crippen molar-refractivity contribution in [2.24, 2.45) is 7.05 Å². The van der Waals surface area contributed by atoms with E-state index < -0.39 is 0 Å². The van der Waals surface area contributed by atoms with Crippen LogP contribution in [0.1, 0.15) is 32.6 Å². The van der Waals surface area contributed by atoms with E-state index in [1.165, 1.54) is 23.8 Å². The summed E-state index contributed by atoms with van der Waals surface area (Å²) in [4.78, 5) is 24.4. The predicted molar refractivity (Wildman–Crippen MR) is 89.2 cm³/mol. The van der Waals surface area contributed by atoms with Crippen LogP contribution in [0.4, 0.5) is 11.5 Å². The minimum absolute atomic E-state index is 0.263. The van der Waals surface area contributed by atoms with Gasteiger partial charge in [-0.05, 0) is 25.0 Å². The van der Waals surface area contributed by atoms with Gasteiger partial charge < -0.3 is 11.1 Å². The fourth-order valence-electron chi connectivity index (χ4n) is 2.50. The first kappa shape index (κ1) is 16.0. The molecule has 1 atom stereocenters. The van der Waals surface area contributed by atoms with Gasteiger partial charge in [0.2, 0.25) is 0 Å². The Balaban J connectivity index is 2.28. The van der Waals surface area contributed by atoms with Crippen molar-refractivity contribution >= 4 is 23.3 Å².